The van der Waals surface area contributed by atoms with Gasteiger partial charge in [0.2, 0.25) is 0 Å². The Morgan fingerprint density at radius 2 is 1.76 bits per heavy atom. The van der Waals surface area contributed by atoms with Gasteiger partial charge in [-0.05, 0) is 106 Å². The lowest BCUT2D eigenvalue weighted by Gasteiger charge is -2.64. The van der Waals surface area contributed by atoms with E-state index in [4.69, 9.17) is 4.42 Å². The molecular formula is C31H47N3O4. The summed E-state index contributed by atoms with van der Waals surface area (Å²) in [5, 5.41) is 12.5. The summed E-state index contributed by atoms with van der Waals surface area (Å²) in [5.41, 5.74) is 0.120. The number of aliphatic hydroxyl groups is 1. The maximum absolute atomic E-state index is 13.3. The SMILES string of the molecule is CN1CCN(C(=O)N(C)[C@H]2CC[C@@]3(C)[C@H](CC[C@@H]4[C@@H]3CC[C@]3(C)[C@@H](c5ccc(=O)oc5)CC[C@]43O)C2)CC1. The average molecular weight is 526 g/mol. The fourth-order valence-electron chi connectivity index (χ4n) is 10.0. The second-order valence-corrected chi connectivity index (χ2v) is 14.0. The van der Waals surface area contributed by atoms with Gasteiger partial charge in [-0.1, -0.05) is 13.8 Å². The maximum Gasteiger partial charge on any atom is 0.335 e. The van der Waals surface area contributed by atoms with Crippen LogP contribution < -0.4 is 5.63 Å². The first kappa shape index (κ1) is 26.4. The minimum atomic E-state index is -0.671. The van der Waals surface area contributed by atoms with Crippen molar-refractivity contribution in [1.82, 2.24) is 14.7 Å². The third-order valence-corrected chi connectivity index (χ3v) is 12.6. The number of fused-ring (bicyclic) bond motifs is 5. The van der Waals surface area contributed by atoms with E-state index in [0.717, 1.165) is 89.5 Å². The van der Waals surface area contributed by atoms with E-state index in [0.29, 0.717) is 23.8 Å². The summed E-state index contributed by atoms with van der Waals surface area (Å²) in [6.07, 6.45) is 11.1. The third-order valence-electron chi connectivity index (χ3n) is 12.6. The lowest BCUT2D eigenvalue weighted by molar-refractivity contribution is -0.203. The first-order valence-corrected chi connectivity index (χ1v) is 15.1. The molecule has 38 heavy (non-hydrogen) atoms. The molecule has 2 heterocycles. The van der Waals surface area contributed by atoms with Gasteiger partial charge in [0.15, 0.2) is 0 Å². The summed E-state index contributed by atoms with van der Waals surface area (Å²) in [7, 11) is 4.15. The quantitative estimate of drug-likeness (QED) is 0.613. The highest BCUT2D eigenvalue weighted by Crippen LogP contribution is 2.70. The third kappa shape index (κ3) is 3.89. The molecule has 210 valence electrons. The number of hydrogen-bond acceptors (Lipinski definition) is 5. The van der Waals surface area contributed by atoms with E-state index >= 15 is 0 Å². The molecule has 1 saturated heterocycles. The van der Waals surface area contributed by atoms with Gasteiger partial charge >= 0.3 is 11.7 Å². The smallest absolute Gasteiger partial charge is 0.335 e. The Bertz CT molecular complexity index is 1090. The van der Waals surface area contributed by atoms with Gasteiger partial charge in [0.25, 0.3) is 0 Å². The molecule has 1 N–H and O–H groups in total. The van der Waals surface area contributed by atoms with Gasteiger partial charge in [0, 0.05) is 50.7 Å². The second kappa shape index (κ2) is 9.36. The van der Waals surface area contributed by atoms with Crippen molar-refractivity contribution in [3.63, 3.8) is 0 Å². The van der Waals surface area contributed by atoms with Crippen LogP contribution in [0.3, 0.4) is 0 Å². The number of rotatable bonds is 2. The standard InChI is InChI=1S/C31H47N3O4/c1-29-12-9-23(33(4)28(36)34-17-15-32(3)16-18-34)19-22(29)6-7-26-25(29)10-13-30(2)24(11-14-31(26,30)37)21-5-8-27(35)38-20-21/h5,8,20,22-26,37H,6-7,9-19H2,1-4H3/t22-,23+,24-,25+,26-,29+,30-,31+/m1/s1. The molecule has 1 aromatic heterocycles. The van der Waals surface area contributed by atoms with E-state index in [9.17, 15) is 14.7 Å². The molecule has 0 spiro atoms. The summed E-state index contributed by atoms with van der Waals surface area (Å²) < 4.78 is 5.24. The monoisotopic (exact) mass is 525 g/mol. The summed E-state index contributed by atoms with van der Waals surface area (Å²) in [5.74, 6) is 1.70. The van der Waals surface area contributed by atoms with Crippen LogP contribution in [0.5, 0.6) is 0 Å². The molecule has 7 nitrogen and oxygen atoms in total. The number of carbonyl (C=O) groups excluding carboxylic acids is 1. The summed E-state index contributed by atoms with van der Waals surface area (Å²) in [6.45, 7) is 8.37. The van der Waals surface area contributed by atoms with E-state index in [-0.39, 0.29) is 28.4 Å². The van der Waals surface area contributed by atoms with Gasteiger partial charge in [-0.25, -0.2) is 9.59 Å². The van der Waals surface area contributed by atoms with Crippen LogP contribution >= 0.6 is 0 Å². The zero-order chi connectivity index (χ0) is 26.9. The highest BCUT2D eigenvalue weighted by molar-refractivity contribution is 5.74. The van der Waals surface area contributed by atoms with Gasteiger partial charge in [-0.2, -0.15) is 0 Å². The molecule has 8 atom stereocenters. The Labute approximate surface area is 227 Å². The molecule has 0 bridgehead atoms. The molecule has 4 saturated carbocycles. The number of amides is 2. The lowest BCUT2D eigenvalue weighted by atomic mass is 9.43. The van der Waals surface area contributed by atoms with E-state index in [1.54, 1.807) is 6.26 Å². The number of carbonyl (C=O) groups is 1. The van der Waals surface area contributed by atoms with Gasteiger partial charge in [0.05, 0.1) is 11.9 Å². The zero-order valence-corrected chi connectivity index (χ0v) is 23.8. The highest BCUT2D eigenvalue weighted by atomic mass is 16.4. The lowest BCUT2D eigenvalue weighted by Crippen LogP contribution is -2.62. The van der Waals surface area contributed by atoms with E-state index in [1.165, 1.54) is 6.07 Å². The van der Waals surface area contributed by atoms with Crippen LogP contribution in [0.4, 0.5) is 4.79 Å². The molecule has 5 aliphatic rings. The minimum absolute atomic E-state index is 0.191. The average Bonchev–Trinajstić information content (AvgIpc) is 3.19. The zero-order valence-electron chi connectivity index (χ0n) is 23.8. The van der Waals surface area contributed by atoms with Crippen molar-refractivity contribution < 1.29 is 14.3 Å². The second-order valence-electron chi connectivity index (χ2n) is 14.0. The van der Waals surface area contributed by atoms with Crippen molar-refractivity contribution in [2.75, 3.05) is 40.3 Å². The summed E-state index contributed by atoms with van der Waals surface area (Å²) in [4.78, 5) is 31.3. The van der Waals surface area contributed by atoms with Crippen LogP contribution in [-0.4, -0.2) is 77.8 Å². The van der Waals surface area contributed by atoms with Crippen LogP contribution in [0.1, 0.15) is 83.1 Å². The predicted octanol–water partition coefficient (Wildman–Crippen LogP) is 4.55. The topological polar surface area (TPSA) is 77.2 Å². The highest BCUT2D eigenvalue weighted by Gasteiger charge is 2.67. The number of likely N-dealkylation sites (N-methyl/N-ethyl adjacent to an activating group) is 1. The van der Waals surface area contributed by atoms with Crippen molar-refractivity contribution >= 4 is 6.03 Å². The van der Waals surface area contributed by atoms with Crippen molar-refractivity contribution in [3.8, 4) is 0 Å². The van der Waals surface area contributed by atoms with Crippen LogP contribution in [-0.2, 0) is 0 Å². The Morgan fingerprint density at radius 3 is 2.47 bits per heavy atom. The minimum Gasteiger partial charge on any atom is -0.431 e. The van der Waals surface area contributed by atoms with Crippen molar-refractivity contribution in [2.45, 2.75) is 89.2 Å². The molecule has 6 rings (SSSR count). The fraction of sp³-hybridized carbons (Fsp3) is 0.806. The number of piperazine rings is 1. The maximum atomic E-state index is 13.3. The van der Waals surface area contributed by atoms with Crippen molar-refractivity contribution in [1.29, 1.82) is 0 Å². The van der Waals surface area contributed by atoms with Gasteiger partial charge in [-0.15, -0.1) is 0 Å². The normalized spacial score (nSPS) is 43.2. The van der Waals surface area contributed by atoms with Crippen molar-refractivity contribution in [3.05, 3.63) is 34.4 Å². The van der Waals surface area contributed by atoms with Crippen LogP contribution in [0.2, 0.25) is 0 Å². The molecular weight excluding hydrogens is 478 g/mol. The largest absolute Gasteiger partial charge is 0.431 e. The first-order valence-electron chi connectivity index (χ1n) is 15.1. The molecule has 0 unspecified atom stereocenters. The Hall–Kier alpha value is -1.86. The summed E-state index contributed by atoms with van der Waals surface area (Å²) >= 11 is 0. The first-order chi connectivity index (χ1) is 18.1. The van der Waals surface area contributed by atoms with Crippen LogP contribution in [0, 0.1) is 28.6 Å². The van der Waals surface area contributed by atoms with Gasteiger partial charge < -0.3 is 24.2 Å². The molecule has 0 radical (unpaired) electrons. The molecule has 1 aliphatic heterocycles. The van der Waals surface area contributed by atoms with Crippen LogP contribution in [0.15, 0.2) is 27.6 Å². The fourth-order valence-corrected chi connectivity index (χ4v) is 10.0. The number of hydrogen-bond donors (Lipinski definition) is 1. The van der Waals surface area contributed by atoms with E-state index in [1.807, 2.05) is 18.0 Å². The predicted molar refractivity (Wildman–Crippen MR) is 147 cm³/mol. The Balaban J connectivity index is 1.17. The van der Waals surface area contributed by atoms with E-state index in [2.05, 4.69) is 30.7 Å². The van der Waals surface area contributed by atoms with Crippen LogP contribution in [0.25, 0.3) is 0 Å². The number of urea groups is 1. The molecule has 0 aromatic carbocycles. The molecule has 1 aromatic rings. The Morgan fingerprint density at radius 1 is 1.00 bits per heavy atom. The van der Waals surface area contributed by atoms with Gasteiger partial charge in [0.1, 0.15) is 0 Å². The molecule has 2 amide bonds. The van der Waals surface area contributed by atoms with Gasteiger partial charge in [-0.3, -0.25) is 0 Å². The summed E-state index contributed by atoms with van der Waals surface area (Å²) in [6, 6.07) is 3.96. The Kier molecular flexibility index (Phi) is 6.50. The van der Waals surface area contributed by atoms with Crippen molar-refractivity contribution in [2.24, 2.45) is 28.6 Å². The molecule has 7 heteroatoms. The van der Waals surface area contributed by atoms with E-state index < -0.39 is 5.60 Å². The molecule has 5 fully saturated rings. The molecule has 4 aliphatic carbocycles. The number of nitrogens with zero attached hydrogens (tertiary/aromatic N) is 3.